The minimum atomic E-state index is -0.0499. The quantitative estimate of drug-likeness (QED) is 0.373. The van der Waals surface area contributed by atoms with E-state index < -0.39 is 0 Å². The molecule has 0 unspecified atom stereocenters. The van der Waals surface area contributed by atoms with Crippen molar-refractivity contribution in [3.63, 3.8) is 0 Å². The Balaban J connectivity index is 1.65. The van der Waals surface area contributed by atoms with Gasteiger partial charge in [0.1, 0.15) is 5.75 Å². The Kier molecular flexibility index (Phi) is 8.85. The summed E-state index contributed by atoms with van der Waals surface area (Å²) < 4.78 is 5.54. The highest BCUT2D eigenvalue weighted by Crippen LogP contribution is 2.31. The molecule has 4 heteroatoms. The van der Waals surface area contributed by atoms with Gasteiger partial charge in [-0.3, -0.25) is 9.78 Å². The fourth-order valence-corrected chi connectivity index (χ4v) is 4.06. The van der Waals surface area contributed by atoms with Crippen molar-refractivity contribution in [2.45, 2.75) is 58.4 Å². The van der Waals surface area contributed by atoms with E-state index in [0.717, 1.165) is 55.2 Å². The van der Waals surface area contributed by atoms with Crippen LogP contribution in [0.5, 0.6) is 5.75 Å². The molecule has 32 heavy (non-hydrogen) atoms. The number of hydrogen-bond donors (Lipinski definition) is 1. The molecule has 2 aromatic carbocycles. The van der Waals surface area contributed by atoms with Crippen LogP contribution in [0.2, 0.25) is 0 Å². The predicted molar refractivity (Wildman–Crippen MR) is 133 cm³/mol. The Labute approximate surface area is 191 Å². The fraction of sp³-hybridized carbons (Fsp3) is 0.357. The van der Waals surface area contributed by atoms with E-state index >= 15 is 0 Å². The van der Waals surface area contributed by atoms with Gasteiger partial charge in [-0.05, 0) is 79.3 Å². The molecule has 1 amide bonds. The van der Waals surface area contributed by atoms with Crippen LogP contribution in [-0.2, 0) is 17.6 Å². The minimum Gasteiger partial charge on any atom is -0.496 e. The van der Waals surface area contributed by atoms with Crippen molar-refractivity contribution in [2.24, 2.45) is 0 Å². The Morgan fingerprint density at radius 3 is 2.72 bits per heavy atom. The molecule has 0 bridgehead atoms. The monoisotopic (exact) mass is 430 g/mol. The highest BCUT2D eigenvalue weighted by Gasteiger charge is 2.10. The van der Waals surface area contributed by atoms with E-state index in [0.29, 0.717) is 0 Å². The highest BCUT2D eigenvalue weighted by molar-refractivity contribution is 5.96. The first-order valence-corrected chi connectivity index (χ1v) is 11.6. The lowest BCUT2D eigenvalue weighted by Crippen LogP contribution is -2.31. The van der Waals surface area contributed by atoms with E-state index in [4.69, 9.17) is 4.74 Å². The standard InChI is InChI=1S/C28H34N2O2/c1-4-5-12-24-23(15-17-26-25(24)13-7-14-27(26)32-3)16-18-28(31)30-21(2)9-6-10-22-11-8-19-29-20-22/h7-8,11,13-21H,4-6,9-10,12H2,1-3H3,(H,30,31)/t21-/m1/s1. The zero-order chi connectivity index (χ0) is 22.8. The van der Waals surface area contributed by atoms with E-state index in [1.165, 1.54) is 16.5 Å². The first-order valence-electron chi connectivity index (χ1n) is 11.6. The van der Waals surface area contributed by atoms with Crippen molar-refractivity contribution in [1.82, 2.24) is 10.3 Å². The SMILES string of the molecule is CCCCc1c(C=CC(=O)N[C@H](C)CCCc2cccnc2)ccc2c(OC)cccc12. The third-order valence-electron chi connectivity index (χ3n) is 5.80. The molecule has 3 aromatic rings. The molecule has 0 aliphatic carbocycles. The van der Waals surface area contributed by atoms with Crippen molar-refractivity contribution < 1.29 is 9.53 Å². The van der Waals surface area contributed by atoms with Gasteiger partial charge in [0.05, 0.1) is 7.11 Å². The molecule has 4 nitrogen and oxygen atoms in total. The molecule has 0 saturated heterocycles. The van der Waals surface area contributed by atoms with Gasteiger partial charge in [0.2, 0.25) is 5.91 Å². The summed E-state index contributed by atoms with van der Waals surface area (Å²) in [4.78, 5) is 16.7. The van der Waals surface area contributed by atoms with Crippen LogP contribution in [0.25, 0.3) is 16.8 Å². The van der Waals surface area contributed by atoms with Crippen molar-refractivity contribution in [1.29, 1.82) is 0 Å². The lowest BCUT2D eigenvalue weighted by atomic mass is 9.94. The second-order valence-corrected chi connectivity index (χ2v) is 8.29. The molecule has 168 valence electrons. The predicted octanol–water partition coefficient (Wildman–Crippen LogP) is 6.13. The van der Waals surface area contributed by atoms with E-state index in [-0.39, 0.29) is 11.9 Å². The number of carbonyl (C=O) groups is 1. The van der Waals surface area contributed by atoms with Crippen LogP contribution in [0.1, 0.15) is 56.2 Å². The molecule has 0 aliphatic rings. The molecule has 0 fully saturated rings. The summed E-state index contributed by atoms with van der Waals surface area (Å²) in [6, 6.07) is 14.5. The van der Waals surface area contributed by atoms with Gasteiger partial charge in [-0.1, -0.05) is 43.7 Å². The lowest BCUT2D eigenvalue weighted by Gasteiger charge is -2.14. The summed E-state index contributed by atoms with van der Waals surface area (Å²) in [5, 5.41) is 5.41. The first-order chi connectivity index (χ1) is 15.6. The molecule has 1 N–H and O–H groups in total. The van der Waals surface area contributed by atoms with Crippen molar-refractivity contribution >= 4 is 22.8 Å². The maximum atomic E-state index is 12.5. The number of benzene rings is 2. The molecule has 1 atom stereocenters. The lowest BCUT2D eigenvalue weighted by molar-refractivity contribution is -0.117. The van der Waals surface area contributed by atoms with Crippen LogP contribution in [0.15, 0.2) is 60.9 Å². The maximum Gasteiger partial charge on any atom is 0.244 e. The van der Waals surface area contributed by atoms with Gasteiger partial charge in [-0.25, -0.2) is 0 Å². The summed E-state index contributed by atoms with van der Waals surface area (Å²) >= 11 is 0. The molecule has 0 spiro atoms. The number of rotatable bonds is 11. The van der Waals surface area contributed by atoms with Crippen LogP contribution < -0.4 is 10.1 Å². The number of amides is 1. The zero-order valence-electron chi connectivity index (χ0n) is 19.4. The average Bonchev–Trinajstić information content (AvgIpc) is 2.81. The number of nitrogens with one attached hydrogen (secondary N) is 1. The smallest absolute Gasteiger partial charge is 0.244 e. The van der Waals surface area contributed by atoms with Gasteiger partial charge >= 0.3 is 0 Å². The summed E-state index contributed by atoms with van der Waals surface area (Å²) in [6.07, 6.45) is 13.4. The Morgan fingerprint density at radius 1 is 1.09 bits per heavy atom. The third kappa shape index (κ3) is 6.43. The molecule has 1 heterocycles. The molecule has 1 aromatic heterocycles. The van der Waals surface area contributed by atoms with Crippen molar-refractivity contribution in [2.75, 3.05) is 7.11 Å². The number of aromatic nitrogens is 1. The molecule has 3 rings (SSSR count). The van der Waals surface area contributed by atoms with Crippen LogP contribution in [0.4, 0.5) is 0 Å². The number of unbranched alkanes of at least 4 members (excludes halogenated alkanes) is 1. The molecular weight excluding hydrogens is 396 g/mol. The van der Waals surface area contributed by atoms with Crippen molar-refractivity contribution in [3.05, 3.63) is 77.6 Å². The number of carbonyl (C=O) groups excluding carboxylic acids is 1. The number of pyridine rings is 1. The second-order valence-electron chi connectivity index (χ2n) is 8.29. The van der Waals surface area contributed by atoms with E-state index in [2.05, 4.69) is 48.4 Å². The third-order valence-corrected chi connectivity index (χ3v) is 5.80. The van der Waals surface area contributed by atoms with Gasteiger partial charge in [0.25, 0.3) is 0 Å². The second kappa shape index (κ2) is 12.0. The largest absolute Gasteiger partial charge is 0.496 e. The molecule has 0 saturated carbocycles. The topological polar surface area (TPSA) is 51.2 Å². The average molecular weight is 431 g/mol. The van der Waals surface area contributed by atoms with Crippen LogP contribution in [-0.4, -0.2) is 24.0 Å². The summed E-state index contributed by atoms with van der Waals surface area (Å²) in [5.41, 5.74) is 3.61. The highest BCUT2D eigenvalue weighted by atomic mass is 16.5. The van der Waals surface area contributed by atoms with E-state index in [9.17, 15) is 4.79 Å². The zero-order valence-corrected chi connectivity index (χ0v) is 19.4. The van der Waals surface area contributed by atoms with E-state index in [1.54, 1.807) is 19.4 Å². The number of fused-ring (bicyclic) bond motifs is 1. The van der Waals surface area contributed by atoms with Gasteiger partial charge < -0.3 is 10.1 Å². The Bertz CT molecular complexity index is 1040. The molecular formula is C28H34N2O2. The fourth-order valence-electron chi connectivity index (χ4n) is 4.06. The van der Waals surface area contributed by atoms with Crippen LogP contribution >= 0.6 is 0 Å². The number of hydrogen-bond acceptors (Lipinski definition) is 3. The number of aryl methyl sites for hydroxylation is 2. The number of methoxy groups -OCH3 is 1. The van der Waals surface area contributed by atoms with Gasteiger partial charge in [0, 0.05) is 29.9 Å². The number of nitrogens with zero attached hydrogens (tertiary/aromatic N) is 1. The number of ether oxygens (including phenoxy) is 1. The summed E-state index contributed by atoms with van der Waals surface area (Å²) in [5.74, 6) is 0.833. The van der Waals surface area contributed by atoms with E-state index in [1.807, 2.05) is 30.5 Å². The first kappa shape index (κ1) is 23.5. The summed E-state index contributed by atoms with van der Waals surface area (Å²) in [6.45, 7) is 4.26. The molecule has 0 aliphatic heterocycles. The van der Waals surface area contributed by atoms with Crippen molar-refractivity contribution in [3.8, 4) is 5.75 Å². The van der Waals surface area contributed by atoms with Gasteiger partial charge in [-0.15, -0.1) is 0 Å². The van der Waals surface area contributed by atoms with Crippen LogP contribution in [0, 0.1) is 0 Å². The maximum absolute atomic E-state index is 12.5. The van der Waals surface area contributed by atoms with Gasteiger partial charge in [-0.2, -0.15) is 0 Å². The Morgan fingerprint density at radius 2 is 1.97 bits per heavy atom. The van der Waals surface area contributed by atoms with Crippen LogP contribution in [0.3, 0.4) is 0 Å². The minimum absolute atomic E-state index is 0.0499. The Hall–Kier alpha value is -3.14. The summed E-state index contributed by atoms with van der Waals surface area (Å²) in [7, 11) is 1.70. The van der Waals surface area contributed by atoms with Gasteiger partial charge in [0.15, 0.2) is 0 Å². The normalized spacial score (nSPS) is 12.2. The molecule has 0 radical (unpaired) electrons.